The lowest BCUT2D eigenvalue weighted by atomic mass is 10.3. The number of carbonyl (C=O) groups excluding carboxylic acids is 2. The normalized spacial score (nSPS) is 10.8. The second-order valence-electron chi connectivity index (χ2n) is 5.19. The van der Waals surface area contributed by atoms with Crippen LogP contribution in [0.5, 0.6) is 0 Å². The number of carbonyl (C=O) groups is 2. The van der Waals surface area contributed by atoms with E-state index in [-0.39, 0.29) is 12.3 Å². The van der Waals surface area contributed by atoms with Gasteiger partial charge in [-0.05, 0) is 30.3 Å². The van der Waals surface area contributed by atoms with Crippen LogP contribution in [0.4, 0.5) is 4.79 Å². The van der Waals surface area contributed by atoms with Gasteiger partial charge in [-0.2, -0.15) is 0 Å². The molecule has 0 fully saturated rings. The van der Waals surface area contributed by atoms with Gasteiger partial charge in [-0.25, -0.2) is 9.78 Å². The largest absolute Gasteiger partial charge is 0.467 e. The number of aryl methyl sites for hydroxylation is 1. The van der Waals surface area contributed by atoms with Gasteiger partial charge in [-0.15, -0.1) is 0 Å². The quantitative estimate of drug-likeness (QED) is 0.666. The summed E-state index contributed by atoms with van der Waals surface area (Å²) in [7, 11) is 1.86. The van der Waals surface area contributed by atoms with Gasteiger partial charge >= 0.3 is 6.03 Å². The van der Waals surface area contributed by atoms with Crippen LogP contribution in [0.25, 0.3) is 11.0 Å². The van der Waals surface area contributed by atoms with E-state index in [1.165, 1.54) is 18.0 Å². The summed E-state index contributed by atoms with van der Waals surface area (Å²) in [6.45, 7) is 0.213. The van der Waals surface area contributed by atoms with Crippen molar-refractivity contribution in [1.29, 1.82) is 0 Å². The van der Waals surface area contributed by atoms with Gasteiger partial charge in [0.15, 0.2) is 5.16 Å². The number of benzene rings is 1. The molecule has 0 aliphatic heterocycles. The maximum Gasteiger partial charge on any atom is 0.321 e. The van der Waals surface area contributed by atoms with Gasteiger partial charge < -0.3 is 14.3 Å². The molecular weight excluding hydrogens is 364 g/mol. The Balaban J connectivity index is 1.52. The molecular formula is C16H15ClN4O3S. The molecule has 25 heavy (non-hydrogen) atoms. The summed E-state index contributed by atoms with van der Waals surface area (Å²) in [6.07, 6.45) is 1.51. The fourth-order valence-corrected chi connectivity index (χ4v) is 3.15. The van der Waals surface area contributed by atoms with Crippen LogP contribution >= 0.6 is 23.4 Å². The van der Waals surface area contributed by atoms with Crippen LogP contribution in [0.15, 0.2) is 46.2 Å². The molecule has 0 atom stereocenters. The number of thioether (sulfide) groups is 1. The molecule has 0 aliphatic carbocycles. The molecule has 1 aromatic carbocycles. The molecule has 0 aliphatic rings. The number of nitrogens with zero attached hydrogens (tertiary/aromatic N) is 2. The Morgan fingerprint density at radius 2 is 2.20 bits per heavy atom. The highest BCUT2D eigenvalue weighted by atomic mass is 35.5. The van der Waals surface area contributed by atoms with Crippen molar-refractivity contribution in [3.63, 3.8) is 0 Å². The third-order valence-electron chi connectivity index (χ3n) is 3.39. The second kappa shape index (κ2) is 7.62. The van der Waals surface area contributed by atoms with Gasteiger partial charge in [0.25, 0.3) is 0 Å². The Morgan fingerprint density at radius 1 is 1.36 bits per heavy atom. The van der Waals surface area contributed by atoms with E-state index in [9.17, 15) is 9.59 Å². The molecule has 0 radical (unpaired) electrons. The van der Waals surface area contributed by atoms with E-state index in [0.29, 0.717) is 15.9 Å². The summed E-state index contributed by atoms with van der Waals surface area (Å²) in [4.78, 5) is 28.0. The summed E-state index contributed by atoms with van der Waals surface area (Å²) >= 11 is 7.20. The molecule has 130 valence electrons. The van der Waals surface area contributed by atoms with Gasteiger partial charge in [0.1, 0.15) is 5.76 Å². The molecule has 3 aromatic rings. The molecule has 7 nitrogen and oxygen atoms in total. The molecule has 0 saturated carbocycles. The molecule has 2 heterocycles. The van der Waals surface area contributed by atoms with Gasteiger partial charge in [0.05, 0.1) is 29.6 Å². The fraction of sp³-hybridized carbons (Fsp3) is 0.188. The fourth-order valence-electron chi connectivity index (χ4n) is 2.20. The third kappa shape index (κ3) is 4.34. The van der Waals surface area contributed by atoms with Crippen molar-refractivity contribution in [3.8, 4) is 0 Å². The Kier molecular flexibility index (Phi) is 5.30. The Hall–Kier alpha value is -2.45. The maximum absolute atomic E-state index is 11.9. The Morgan fingerprint density at radius 3 is 2.96 bits per heavy atom. The number of hydrogen-bond donors (Lipinski definition) is 2. The van der Waals surface area contributed by atoms with Crippen LogP contribution in [0, 0.1) is 0 Å². The van der Waals surface area contributed by atoms with Crippen LogP contribution in [0.2, 0.25) is 5.02 Å². The number of halogens is 1. The highest BCUT2D eigenvalue weighted by Gasteiger charge is 2.13. The van der Waals surface area contributed by atoms with Gasteiger partial charge in [0, 0.05) is 12.1 Å². The number of imidazole rings is 1. The van der Waals surface area contributed by atoms with E-state index in [2.05, 4.69) is 15.6 Å². The average molecular weight is 379 g/mol. The number of rotatable bonds is 5. The zero-order valence-electron chi connectivity index (χ0n) is 13.3. The minimum Gasteiger partial charge on any atom is -0.467 e. The summed E-state index contributed by atoms with van der Waals surface area (Å²) in [5.74, 6) is 0.265. The van der Waals surface area contributed by atoms with Crippen molar-refractivity contribution in [2.24, 2.45) is 7.05 Å². The number of nitrogens with one attached hydrogen (secondary N) is 2. The first-order chi connectivity index (χ1) is 12.0. The number of furan rings is 1. The lowest BCUT2D eigenvalue weighted by molar-refractivity contribution is -0.117. The SMILES string of the molecule is Cn1c(SCC(=O)NC(=O)NCc2ccco2)nc2cc(Cl)ccc21. The predicted molar refractivity (Wildman–Crippen MR) is 95.5 cm³/mol. The summed E-state index contributed by atoms with van der Waals surface area (Å²) in [5, 5.41) is 6.08. The summed E-state index contributed by atoms with van der Waals surface area (Å²) < 4.78 is 6.97. The topological polar surface area (TPSA) is 89.2 Å². The Labute approximate surface area is 152 Å². The standard InChI is InChI=1S/C16H15ClN4O3S/c1-21-13-5-4-10(17)7-12(13)19-16(21)25-9-14(22)20-15(23)18-8-11-3-2-6-24-11/h2-7H,8-9H2,1H3,(H2,18,20,22,23). The van der Waals surface area contributed by atoms with Crippen molar-refractivity contribution in [2.45, 2.75) is 11.7 Å². The number of aromatic nitrogens is 2. The minimum atomic E-state index is -0.571. The number of imide groups is 1. The monoisotopic (exact) mass is 378 g/mol. The number of urea groups is 1. The zero-order chi connectivity index (χ0) is 17.8. The van der Waals surface area contributed by atoms with E-state index in [1.54, 1.807) is 24.3 Å². The van der Waals surface area contributed by atoms with Crippen LogP contribution in [0.3, 0.4) is 0 Å². The number of hydrogen-bond acceptors (Lipinski definition) is 5. The van der Waals surface area contributed by atoms with E-state index in [4.69, 9.17) is 16.0 Å². The van der Waals surface area contributed by atoms with Crippen molar-refractivity contribution < 1.29 is 14.0 Å². The highest BCUT2D eigenvalue weighted by Crippen LogP contribution is 2.24. The van der Waals surface area contributed by atoms with Gasteiger partial charge in [0.2, 0.25) is 5.91 Å². The van der Waals surface area contributed by atoms with E-state index in [1.807, 2.05) is 17.7 Å². The highest BCUT2D eigenvalue weighted by molar-refractivity contribution is 7.99. The molecule has 3 amide bonds. The van der Waals surface area contributed by atoms with Crippen molar-refractivity contribution in [2.75, 3.05) is 5.75 Å². The van der Waals surface area contributed by atoms with Gasteiger partial charge in [-0.1, -0.05) is 23.4 Å². The first kappa shape index (κ1) is 17.4. The maximum atomic E-state index is 11.9. The second-order valence-corrected chi connectivity index (χ2v) is 6.56. The van der Waals surface area contributed by atoms with Crippen LogP contribution in [-0.2, 0) is 18.4 Å². The molecule has 9 heteroatoms. The van der Waals surface area contributed by atoms with E-state index >= 15 is 0 Å². The lowest BCUT2D eigenvalue weighted by Gasteiger charge is -2.05. The van der Waals surface area contributed by atoms with E-state index < -0.39 is 11.9 Å². The molecule has 2 aromatic heterocycles. The van der Waals surface area contributed by atoms with Crippen LogP contribution in [0.1, 0.15) is 5.76 Å². The van der Waals surface area contributed by atoms with Crippen molar-refractivity contribution >= 4 is 46.3 Å². The third-order valence-corrected chi connectivity index (χ3v) is 4.66. The first-order valence-electron chi connectivity index (χ1n) is 7.38. The molecule has 0 unspecified atom stereocenters. The van der Waals surface area contributed by atoms with Gasteiger partial charge in [-0.3, -0.25) is 10.1 Å². The lowest BCUT2D eigenvalue weighted by Crippen LogP contribution is -2.39. The molecule has 0 spiro atoms. The number of fused-ring (bicyclic) bond motifs is 1. The van der Waals surface area contributed by atoms with E-state index in [0.717, 1.165) is 11.0 Å². The van der Waals surface area contributed by atoms with Crippen molar-refractivity contribution in [3.05, 3.63) is 47.4 Å². The Bertz CT molecular complexity index is 908. The van der Waals surface area contributed by atoms with Crippen LogP contribution in [-0.4, -0.2) is 27.2 Å². The van der Waals surface area contributed by atoms with Crippen LogP contribution < -0.4 is 10.6 Å². The first-order valence-corrected chi connectivity index (χ1v) is 8.74. The molecule has 0 saturated heterocycles. The van der Waals surface area contributed by atoms with Crippen molar-refractivity contribution in [1.82, 2.24) is 20.2 Å². The number of amides is 3. The summed E-state index contributed by atoms with van der Waals surface area (Å²) in [5.41, 5.74) is 1.68. The minimum absolute atomic E-state index is 0.0685. The smallest absolute Gasteiger partial charge is 0.321 e. The molecule has 0 bridgehead atoms. The average Bonchev–Trinajstić information content (AvgIpc) is 3.19. The zero-order valence-corrected chi connectivity index (χ0v) is 14.9. The summed E-state index contributed by atoms with van der Waals surface area (Å²) in [6, 6.07) is 8.31. The molecule has 3 rings (SSSR count). The molecule has 2 N–H and O–H groups in total. The predicted octanol–water partition coefficient (Wildman–Crippen LogP) is 2.94.